The predicted molar refractivity (Wildman–Crippen MR) is 83.0 cm³/mol. The number of hydrogen-bond acceptors (Lipinski definition) is 6. The van der Waals surface area contributed by atoms with Crippen molar-refractivity contribution in [3.8, 4) is 0 Å². The Labute approximate surface area is 128 Å². The van der Waals surface area contributed by atoms with Crippen molar-refractivity contribution >= 4 is 11.4 Å². The van der Waals surface area contributed by atoms with Gasteiger partial charge >= 0.3 is 0 Å². The van der Waals surface area contributed by atoms with Gasteiger partial charge in [0.25, 0.3) is 5.69 Å². The summed E-state index contributed by atoms with van der Waals surface area (Å²) in [5.74, 6) is 1.55. The van der Waals surface area contributed by atoms with Crippen LogP contribution < -0.4 is 5.32 Å². The van der Waals surface area contributed by atoms with Crippen LogP contribution in [0.25, 0.3) is 0 Å². The fraction of sp³-hybridized carbons (Fsp3) is 0.467. The SMILES string of the molecule is Cc1cccc([N+](=O)[O-])c1NCCCc1nc(C(C)C)no1. The minimum Gasteiger partial charge on any atom is -0.379 e. The molecule has 7 heteroatoms. The average Bonchev–Trinajstić information content (AvgIpc) is 2.93. The summed E-state index contributed by atoms with van der Waals surface area (Å²) in [6.07, 6.45) is 1.40. The number of nitro groups is 1. The van der Waals surface area contributed by atoms with Crippen LogP contribution in [0.5, 0.6) is 0 Å². The van der Waals surface area contributed by atoms with Crippen molar-refractivity contribution in [3.63, 3.8) is 0 Å². The molecule has 7 nitrogen and oxygen atoms in total. The molecule has 0 atom stereocenters. The molecule has 0 aliphatic heterocycles. The van der Waals surface area contributed by atoms with E-state index in [2.05, 4.69) is 15.5 Å². The molecule has 0 saturated heterocycles. The molecule has 0 fully saturated rings. The van der Waals surface area contributed by atoms with Gasteiger partial charge in [-0.15, -0.1) is 0 Å². The highest BCUT2D eigenvalue weighted by Gasteiger charge is 2.15. The Bertz CT molecular complexity index is 652. The van der Waals surface area contributed by atoms with Crippen LogP contribution in [0, 0.1) is 17.0 Å². The van der Waals surface area contributed by atoms with E-state index >= 15 is 0 Å². The molecule has 0 spiro atoms. The van der Waals surface area contributed by atoms with E-state index in [1.807, 2.05) is 26.8 Å². The van der Waals surface area contributed by atoms with E-state index in [1.165, 1.54) is 6.07 Å². The lowest BCUT2D eigenvalue weighted by Crippen LogP contribution is -2.07. The first-order valence-corrected chi connectivity index (χ1v) is 7.29. The smallest absolute Gasteiger partial charge is 0.292 e. The van der Waals surface area contributed by atoms with Crippen LogP contribution in [-0.4, -0.2) is 21.6 Å². The Morgan fingerprint density at radius 1 is 1.41 bits per heavy atom. The Kier molecular flexibility index (Phi) is 5.08. The second kappa shape index (κ2) is 7.02. The highest BCUT2D eigenvalue weighted by molar-refractivity contribution is 5.65. The predicted octanol–water partition coefficient (Wildman–Crippen LogP) is 3.45. The van der Waals surface area contributed by atoms with Gasteiger partial charge in [0, 0.05) is 24.9 Å². The summed E-state index contributed by atoms with van der Waals surface area (Å²) >= 11 is 0. The fourth-order valence-corrected chi connectivity index (χ4v) is 2.09. The summed E-state index contributed by atoms with van der Waals surface area (Å²) in [7, 11) is 0. The van der Waals surface area contributed by atoms with Crippen LogP contribution in [0.1, 0.15) is 43.5 Å². The second-order valence-corrected chi connectivity index (χ2v) is 5.46. The maximum Gasteiger partial charge on any atom is 0.292 e. The molecule has 1 aromatic carbocycles. The number of nitrogens with one attached hydrogen (secondary N) is 1. The normalized spacial score (nSPS) is 10.9. The van der Waals surface area contributed by atoms with Crippen molar-refractivity contribution in [2.24, 2.45) is 0 Å². The largest absolute Gasteiger partial charge is 0.379 e. The van der Waals surface area contributed by atoms with Gasteiger partial charge in [-0.25, -0.2) is 0 Å². The van der Waals surface area contributed by atoms with Gasteiger partial charge in [0.2, 0.25) is 5.89 Å². The van der Waals surface area contributed by atoms with Crippen molar-refractivity contribution in [3.05, 3.63) is 45.6 Å². The van der Waals surface area contributed by atoms with Gasteiger partial charge in [-0.3, -0.25) is 10.1 Å². The molecule has 2 aromatic rings. The van der Waals surface area contributed by atoms with Gasteiger partial charge in [-0.2, -0.15) is 4.98 Å². The molecular weight excluding hydrogens is 284 g/mol. The number of benzene rings is 1. The lowest BCUT2D eigenvalue weighted by molar-refractivity contribution is -0.384. The molecule has 0 bridgehead atoms. The standard InChI is InChI=1S/C15H20N4O3/c1-10(2)15-17-13(22-18-15)8-5-9-16-14-11(3)6-4-7-12(14)19(20)21/h4,6-7,10,16H,5,8-9H2,1-3H3. The fourth-order valence-electron chi connectivity index (χ4n) is 2.09. The van der Waals surface area contributed by atoms with Crippen LogP contribution in [0.3, 0.4) is 0 Å². The number of aryl methyl sites for hydroxylation is 2. The zero-order valence-corrected chi connectivity index (χ0v) is 13.0. The van der Waals surface area contributed by atoms with Gasteiger partial charge < -0.3 is 9.84 Å². The number of anilines is 1. The lowest BCUT2D eigenvalue weighted by atomic mass is 10.1. The quantitative estimate of drug-likeness (QED) is 0.478. The number of nitrogens with zero attached hydrogens (tertiary/aromatic N) is 3. The minimum absolute atomic E-state index is 0.0971. The molecule has 0 aliphatic rings. The van der Waals surface area contributed by atoms with Crippen molar-refractivity contribution in [2.45, 2.75) is 39.5 Å². The first-order valence-electron chi connectivity index (χ1n) is 7.29. The molecule has 0 radical (unpaired) electrons. The molecule has 0 aliphatic carbocycles. The van der Waals surface area contributed by atoms with E-state index in [0.29, 0.717) is 30.4 Å². The third-order valence-electron chi connectivity index (χ3n) is 3.32. The first-order chi connectivity index (χ1) is 10.5. The lowest BCUT2D eigenvalue weighted by Gasteiger charge is -2.09. The second-order valence-electron chi connectivity index (χ2n) is 5.46. The Hall–Kier alpha value is -2.44. The Balaban J connectivity index is 1.90. The van der Waals surface area contributed by atoms with E-state index in [0.717, 1.165) is 12.0 Å². The average molecular weight is 304 g/mol. The Morgan fingerprint density at radius 2 is 2.18 bits per heavy atom. The molecule has 1 aromatic heterocycles. The monoisotopic (exact) mass is 304 g/mol. The topological polar surface area (TPSA) is 94.1 Å². The van der Waals surface area contributed by atoms with Crippen molar-refractivity contribution in [1.29, 1.82) is 0 Å². The number of para-hydroxylation sites is 1. The van der Waals surface area contributed by atoms with Gasteiger partial charge in [0.1, 0.15) is 5.69 Å². The van der Waals surface area contributed by atoms with Gasteiger partial charge in [0.05, 0.1) is 4.92 Å². The van der Waals surface area contributed by atoms with Gasteiger partial charge in [-0.05, 0) is 18.9 Å². The maximum absolute atomic E-state index is 11.0. The molecule has 118 valence electrons. The van der Waals surface area contributed by atoms with E-state index in [9.17, 15) is 10.1 Å². The van der Waals surface area contributed by atoms with E-state index in [-0.39, 0.29) is 16.5 Å². The first kappa shape index (κ1) is 15.9. The number of hydrogen-bond donors (Lipinski definition) is 1. The van der Waals surface area contributed by atoms with Gasteiger partial charge in [0.15, 0.2) is 5.82 Å². The third-order valence-corrected chi connectivity index (χ3v) is 3.32. The summed E-state index contributed by atoms with van der Waals surface area (Å²) < 4.78 is 5.17. The molecule has 0 saturated carbocycles. The van der Waals surface area contributed by atoms with Crippen LogP contribution in [0.4, 0.5) is 11.4 Å². The van der Waals surface area contributed by atoms with E-state index in [4.69, 9.17) is 4.52 Å². The summed E-state index contributed by atoms with van der Waals surface area (Å²) in [5.41, 5.74) is 1.52. The van der Waals surface area contributed by atoms with Gasteiger partial charge in [-0.1, -0.05) is 31.1 Å². The van der Waals surface area contributed by atoms with Crippen molar-refractivity contribution in [2.75, 3.05) is 11.9 Å². The number of aromatic nitrogens is 2. The van der Waals surface area contributed by atoms with Crippen LogP contribution in [-0.2, 0) is 6.42 Å². The summed E-state index contributed by atoms with van der Waals surface area (Å²) in [6.45, 7) is 6.47. The molecule has 2 rings (SSSR count). The van der Waals surface area contributed by atoms with Crippen molar-refractivity contribution in [1.82, 2.24) is 10.1 Å². The zero-order chi connectivity index (χ0) is 16.1. The van der Waals surface area contributed by atoms with Crippen LogP contribution in [0.2, 0.25) is 0 Å². The molecule has 1 heterocycles. The van der Waals surface area contributed by atoms with Crippen LogP contribution in [0.15, 0.2) is 22.7 Å². The highest BCUT2D eigenvalue weighted by Crippen LogP contribution is 2.27. The van der Waals surface area contributed by atoms with Crippen molar-refractivity contribution < 1.29 is 9.45 Å². The summed E-state index contributed by atoms with van der Waals surface area (Å²) in [6, 6.07) is 5.04. The third kappa shape index (κ3) is 3.81. The van der Waals surface area contributed by atoms with Crippen LogP contribution >= 0.6 is 0 Å². The summed E-state index contributed by atoms with van der Waals surface area (Å²) in [5, 5.41) is 18.1. The zero-order valence-electron chi connectivity index (χ0n) is 13.0. The summed E-state index contributed by atoms with van der Waals surface area (Å²) in [4.78, 5) is 15.0. The highest BCUT2D eigenvalue weighted by atomic mass is 16.6. The van der Waals surface area contributed by atoms with E-state index < -0.39 is 0 Å². The minimum atomic E-state index is -0.373. The van der Waals surface area contributed by atoms with E-state index in [1.54, 1.807) is 6.07 Å². The molecule has 0 amide bonds. The molecule has 0 unspecified atom stereocenters. The molecular formula is C15H20N4O3. The Morgan fingerprint density at radius 3 is 2.82 bits per heavy atom. The molecule has 22 heavy (non-hydrogen) atoms. The maximum atomic E-state index is 11.0. The molecule has 1 N–H and O–H groups in total. The number of nitro benzene ring substituents is 1. The number of rotatable bonds is 7.